The van der Waals surface area contributed by atoms with Crippen LogP contribution in [-0.2, 0) is 4.79 Å². The molecule has 2 aliphatic rings. The number of hydrogen-bond acceptors (Lipinski definition) is 4. The van der Waals surface area contributed by atoms with Gasteiger partial charge in [-0.2, -0.15) is 0 Å². The zero-order chi connectivity index (χ0) is 19.1. The lowest BCUT2D eigenvalue weighted by Crippen LogP contribution is -2.45. The van der Waals surface area contributed by atoms with E-state index in [2.05, 4.69) is 31.9 Å². The molecule has 1 aliphatic heterocycles. The fourth-order valence-corrected chi connectivity index (χ4v) is 3.36. The van der Waals surface area contributed by atoms with Crippen molar-refractivity contribution < 1.29 is 9.53 Å². The van der Waals surface area contributed by atoms with Crippen LogP contribution in [0.5, 0.6) is 5.75 Å². The highest BCUT2D eigenvalue weighted by atomic mass is 16.5. The number of ether oxygens (including phenoxy) is 1. The molecule has 1 unspecified atom stereocenters. The highest BCUT2D eigenvalue weighted by Gasteiger charge is 2.25. The number of carbonyl (C=O) groups is 1. The van der Waals surface area contributed by atoms with E-state index in [0.29, 0.717) is 18.5 Å². The Morgan fingerprint density at radius 2 is 2.04 bits per heavy atom. The molecule has 0 bridgehead atoms. The van der Waals surface area contributed by atoms with Crippen molar-refractivity contribution in [1.29, 1.82) is 0 Å². The third-order valence-electron chi connectivity index (χ3n) is 4.99. The molecule has 1 saturated heterocycles. The number of benzene rings is 1. The Bertz CT molecular complexity index is 660. The van der Waals surface area contributed by atoms with Crippen molar-refractivity contribution in [2.75, 3.05) is 38.7 Å². The minimum Gasteiger partial charge on any atom is -0.495 e. The highest BCUT2D eigenvalue weighted by Crippen LogP contribution is 2.30. The van der Waals surface area contributed by atoms with E-state index in [9.17, 15) is 4.79 Å². The van der Waals surface area contributed by atoms with E-state index in [1.807, 2.05) is 18.2 Å². The van der Waals surface area contributed by atoms with Crippen molar-refractivity contribution >= 4 is 17.6 Å². The van der Waals surface area contributed by atoms with E-state index in [1.54, 1.807) is 14.2 Å². The normalized spacial score (nSPS) is 19.7. The van der Waals surface area contributed by atoms with Gasteiger partial charge in [0.1, 0.15) is 5.75 Å². The van der Waals surface area contributed by atoms with Crippen LogP contribution in [0.2, 0.25) is 0 Å². The molecule has 3 N–H and O–H groups in total. The van der Waals surface area contributed by atoms with Gasteiger partial charge in [0.15, 0.2) is 5.96 Å². The first-order valence-corrected chi connectivity index (χ1v) is 9.84. The summed E-state index contributed by atoms with van der Waals surface area (Å²) >= 11 is 0. The third-order valence-corrected chi connectivity index (χ3v) is 4.99. The van der Waals surface area contributed by atoms with Crippen LogP contribution in [-0.4, -0.2) is 57.7 Å². The van der Waals surface area contributed by atoms with E-state index in [4.69, 9.17) is 4.74 Å². The molecule has 3 rings (SSSR count). The molecule has 0 aromatic heterocycles. The molecule has 1 saturated carbocycles. The van der Waals surface area contributed by atoms with E-state index >= 15 is 0 Å². The van der Waals surface area contributed by atoms with Gasteiger partial charge < -0.3 is 25.6 Å². The largest absolute Gasteiger partial charge is 0.495 e. The third kappa shape index (κ3) is 5.77. The minimum atomic E-state index is 0.158. The minimum absolute atomic E-state index is 0.158. The highest BCUT2D eigenvalue weighted by molar-refractivity contribution is 5.80. The van der Waals surface area contributed by atoms with Crippen molar-refractivity contribution in [2.45, 2.75) is 44.2 Å². The van der Waals surface area contributed by atoms with Crippen molar-refractivity contribution in [2.24, 2.45) is 4.99 Å². The van der Waals surface area contributed by atoms with Gasteiger partial charge in [-0.3, -0.25) is 9.79 Å². The second-order valence-electron chi connectivity index (χ2n) is 7.19. The van der Waals surface area contributed by atoms with Crippen LogP contribution < -0.4 is 25.6 Å². The van der Waals surface area contributed by atoms with E-state index < -0.39 is 0 Å². The molecule has 1 atom stereocenters. The molecule has 1 aromatic rings. The molecule has 27 heavy (non-hydrogen) atoms. The molecule has 2 fully saturated rings. The van der Waals surface area contributed by atoms with Crippen LogP contribution in [0.1, 0.15) is 32.1 Å². The topological polar surface area (TPSA) is 78.0 Å². The summed E-state index contributed by atoms with van der Waals surface area (Å²) in [6, 6.07) is 8.90. The van der Waals surface area contributed by atoms with Gasteiger partial charge in [-0.25, -0.2) is 0 Å². The van der Waals surface area contributed by atoms with Crippen LogP contribution in [0.4, 0.5) is 5.69 Å². The van der Waals surface area contributed by atoms with Gasteiger partial charge in [0.25, 0.3) is 0 Å². The van der Waals surface area contributed by atoms with Gasteiger partial charge in [-0.15, -0.1) is 0 Å². The molecule has 7 heteroatoms. The fourth-order valence-electron chi connectivity index (χ4n) is 3.36. The maximum atomic E-state index is 11.7. The van der Waals surface area contributed by atoms with E-state index in [1.165, 1.54) is 0 Å². The molecule has 1 amide bonds. The predicted molar refractivity (Wildman–Crippen MR) is 109 cm³/mol. The molecule has 1 heterocycles. The Hall–Kier alpha value is -2.44. The monoisotopic (exact) mass is 373 g/mol. The van der Waals surface area contributed by atoms with Gasteiger partial charge in [0.2, 0.25) is 5.91 Å². The summed E-state index contributed by atoms with van der Waals surface area (Å²) in [6.45, 7) is 2.63. The zero-order valence-corrected chi connectivity index (χ0v) is 16.3. The maximum absolute atomic E-state index is 11.7. The summed E-state index contributed by atoms with van der Waals surface area (Å²) in [6.07, 6.45) is 4.67. The number of hydrogen-bond donors (Lipinski definition) is 3. The maximum Gasteiger partial charge on any atom is 0.220 e. The Labute approximate surface area is 161 Å². The van der Waals surface area contributed by atoms with Gasteiger partial charge in [-0.05, 0) is 37.8 Å². The number of rotatable bonds is 8. The van der Waals surface area contributed by atoms with E-state index in [-0.39, 0.29) is 5.91 Å². The predicted octanol–water partition coefficient (Wildman–Crippen LogP) is 1.50. The first-order valence-electron chi connectivity index (χ1n) is 9.84. The molecule has 0 spiro atoms. The van der Waals surface area contributed by atoms with Crippen molar-refractivity contribution in [1.82, 2.24) is 16.0 Å². The number of nitrogens with one attached hydrogen (secondary N) is 3. The summed E-state index contributed by atoms with van der Waals surface area (Å²) < 4.78 is 5.48. The second-order valence-corrected chi connectivity index (χ2v) is 7.19. The van der Waals surface area contributed by atoms with Crippen LogP contribution in [0, 0.1) is 0 Å². The summed E-state index contributed by atoms with van der Waals surface area (Å²) in [7, 11) is 3.49. The molecular weight excluding hydrogens is 342 g/mol. The summed E-state index contributed by atoms with van der Waals surface area (Å²) in [4.78, 5) is 18.4. The van der Waals surface area contributed by atoms with Gasteiger partial charge in [-0.1, -0.05) is 12.1 Å². The van der Waals surface area contributed by atoms with E-state index in [0.717, 1.165) is 62.7 Å². The lowest BCUT2D eigenvalue weighted by Gasteiger charge is -2.22. The standard InChI is InChI=1S/C20H31N5O2/c1-21-20(22-12-5-8-19(26)23-15-9-10-15)24-16-11-13-25(14-16)17-6-3-4-7-18(17)27-2/h3-4,6-7,15-16H,5,8-14H2,1-2H3,(H,23,26)(H2,21,22,24). The number of para-hydroxylation sites is 2. The summed E-state index contributed by atoms with van der Waals surface area (Å²) in [5.74, 6) is 1.86. The lowest BCUT2D eigenvalue weighted by atomic mass is 10.2. The van der Waals surface area contributed by atoms with Crippen molar-refractivity contribution in [3.8, 4) is 5.75 Å². The Morgan fingerprint density at radius 3 is 2.78 bits per heavy atom. The molecule has 1 aromatic carbocycles. The fraction of sp³-hybridized carbons (Fsp3) is 0.600. The smallest absolute Gasteiger partial charge is 0.220 e. The average molecular weight is 374 g/mol. The Kier molecular flexibility index (Phi) is 6.79. The molecule has 7 nitrogen and oxygen atoms in total. The van der Waals surface area contributed by atoms with Crippen LogP contribution in [0.3, 0.4) is 0 Å². The Balaban J connectivity index is 1.39. The molecule has 1 aliphatic carbocycles. The first-order chi connectivity index (χ1) is 13.2. The van der Waals surface area contributed by atoms with Crippen molar-refractivity contribution in [3.05, 3.63) is 24.3 Å². The molecular formula is C20H31N5O2. The number of anilines is 1. The number of aliphatic imine (C=N–C) groups is 1. The number of methoxy groups -OCH3 is 1. The average Bonchev–Trinajstić information content (AvgIpc) is 3.38. The first kappa shape index (κ1) is 19.3. The quantitative estimate of drug-likeness (QED) is 0.366. The SMILES string of the molecule is CN=C(NCCCC(=O)NC1CC1)NC1CCN(c2ccccc2OC)C1. The van der Waals surface area contributed by atoms with Gasteiger partial charge >= 0.3 is 0 Å². The number of nitrogens with zero attached hydrogens (tertiary/aromatic N) is 2. The van der Waals surface area contributed by atoms with Crippen LogP contribution in [0.25, 0.3) is 0 Å². The molecule has 0 radical (unpaired) electrons. The summed E-state index contributed by atoms with van der Waals surface area (Å²) in [5.41, 5.74) is 1.13. The molecule has 148 valence electrons. The number of amides is 1. The van der Waals surface area contributed by atoms with Crippen LogP contribution >= 0.6 is 0 Å². The lowest BCUT2D eigenvalue weighted by molar-refractivity contribution is -0.121. The summed E-state index contributed by atoms with van der Waals surface area (Å²) in [5, 5.41) is 9.82. The number of carbonyl (C=O) groups excluding carboxylic acids is 1. The van der Waals surface area contributed by atoms with Crippen molar-refractivity contribution in [3.63, 3.8) is 0 Å². The second kappa shape index (κ2) is 9.48. The zero-order valence-electron chi connectivity index (χ0n) is 16.3. The Morgan fingerprint density at radius 1 is 1.22 bits per heavy atom. The van der Waals surface area contributed by atoms with Gasteiger partial charge in [0.05, 0.1) is 12.8 Å². The number of guanidine groups is 1. The van der Waals surface area contributed by atoms with Crippen LogP contribution in [0.15, 0.2) is 29.3 Å². The van der Waals surface area contributed by atoms with Gasteiger partial charge in [0, 0.05) is 45.2 Å².